The van der Waals surface area contributed by atoms with Crippen molar-refractivity contribution in [3.8, 4) is 101 Å². The minimum atomic E-state index is -0.122. The lowest BCUT2D eigenvalue weighted by atomic mass is 9.65. The molecule has 0 radical (unpaired) electrons. The van der Waals surface area contributed by atoms with E-state index in [1.54, 1.807) is 0 Å². The van der Waals surface area contributed by atoms with E-state index in [9.17, 15) is 0 Å². The fourth-order valence-electron chi connectivity index (χ4n) is 16.0. The zero-order valence-electron chi connectivity index (χ0n) is 67.4. The summed E-state index contributed by atoms with van der Waals surface area (Å²) in [6.07, 6.45) is 8.87. The van der Waals surface area contributed by atoms with Gasteiger partial charge in [0.25, 0.3) is 0 Å². The van der Waals surface area contributed by atoms with E-state index in [0.29, 0.717) is 0 Å². The Morgan fingerprint density at radius 2 is 0.472 bits per heavy atom. The van der Waals surface area contributed by atoms with Gasteiger partial charge in [0.1, 0.15) is 0 Å². The van der Waals surface area contributed by atoms with Crippen LogP contribution in [0.25, 0.3) is 101 Å². The van der Waals surface area contributed by atoms with Gasteiger partial charge in [0.2, 0.25) is 0 Å². The molecule has 3 heteroatoms. The van der Waals surface area contributed by atoms with Crippen LogP contribution in [-0.2, 0) is 37.9 Å². The number of aromatic nitrogens is 3. The van der Waals surface area contributed by atoms with Gasteiger partial charge in [-0.3, -0.25) is 15.0 Å². The van der Waals surface area contributed by atoms with Gasteiger partial charge in [-0.25, -0.2) is 0 Å². The van der Waals surface area contributed by atoms with Gasteiger partial charge in [-0.05, 0) is 252 Å². The van der Waals surface area contributed by atoms with Crippen LogP contribution in [0.1, 0.15) is 238 Å². The Kier molecular flexibility index (Phi) is 20.2. The minimum Gasteiger partial charge on any atom is -0.256 e. The van der Waals surface area contributed by atoms with E-state index in [1.807, 2.05) is 18.6 Å². The molecule has 540 valence electrons. The zero-order chi connectivity index (χ0) is 75.6. The van der Waals surface area contributed by atoms with E-state index in [4.69, 9.17) is 15.0 Å². The molecular weight excluding hydrogens is 1280 g/mol. The summed E-state index contributed by atoms with van der Waals surface area (Å²) in [5.74, 6) is 0.449. The molecule has 2 unspecified atom stereocenters. The molecule has 0 bridgehead atoms. The molecule has 0 amide bonds. The fraction of sp³-hybridized carbons (Fsp3) is 0.330. The molecule has 0 saturated heterocycles. The fourth-order valence-corrected chi connectivity index (χ4v) is 16.0. The second-order valence-electron chi connectivity index (χ2n) is 37.8. The molecule has 3 aromatic heterocycles. The molecule has 1 aliphatic carbocycles. The average molecular weight is 1390 g/mol. The van der Waals surface area contributed by atoms with Gasteiger partial charge in [0.15, 0.2) is 0 Å². The molecular formula is C103H113N3. The Morgan fingerprint density at radius 3 is 0.783 bits per heavy atom. The van der Waals surface area contributed by atoms with Crippen molar-refractivity contribution in [2.24, 2.45) is 0 Å². The number of benzene rings is 9. The smallest absolute Gasteiger partial charge is 0.0705 e. The Bertz CT molecular complexity index is 5000. The summed E-state index contributed by atoms with van der Waals surface area (Å²) in [6, 6.07) is 89.6. The van der Waals surface area contributed by atoms with E-state index in [0.717, 1.165) is 53.0 Å². The molecule has 3 nitrogen and oxygen atoms in total. The first-order valence-corrected chi connectivity index (χ1v) is 38.9. The molecule has 106 heavy (non-hydrogen) atoms. The molecule has 13 rings (SSSR count). The lowest BCUT2D eigenvalue weighted by Crippen LogP contribution is -2.22. The van der Waals surface area contributed by atoms with Gasteiger partial charge in [-0.1, -0.05) is 321 Å². The molecule has 0 spiro atoms. The molecule has 1 fully saturated rings. The zero-order valence-corrected chi connectivity index (χ0v) is 67.4. The van der Waals surface area contributed by atoms with Crippen LogP contribution in [0.15, 0.2) is 249 Å². The summed E-state index contributed by atoms with van der Waals surface area (Å²) in [4.78, 5) is 15.3. The third-order valence-electron chi connectivity index (χ3n) is 22.7. The standard InChI is InChI=1S/C103H113N3/c1-97(2,3)75-32-26-29-66(56-75)90-59-69(94-63-79(47-50-104-94)101(13,14)15)39-43-87(90)85-37-24-22-35-82(85)72-53-73(83-36-23-25-38-86(83)88-44-40-70(95-64-80(48-51-105-95)102(16,17)18)60-91(88)67-30-27-33-76(57-67)98(4,5)6)55-74(54-72)84-46-42-78(100(10,11)12)62-93(84)89-45-41-71(96-65-81(49-52-106-96)103(19,20)21)61-92(89)68-31-28-34-77(58-68)99(7,8)9/h22-52,56-65,72-74H,53-55H2,1-21H3. The largest absolute Gasteiger partial charge is 0.256 e. The number of hydrogen-bond acceptors (Lipinski definition) is 3. The van der Waals surface area contributed by atoms with Gasteiger partial charge >= 0.3 is 0 Å². The Balaban J connectivity index is 1.05. The number of hydrogen-bond donors (Lipinski definition) is 0. The van der Waals surface area contributed by atoms with Crippen LogP contribution in [0.2, 0.25) is 0 Å². The van der Waals surface area contributed by atoms with Crippen molar-refractivity contribution in [3.63, 3.8) is 0 Å². The highest BCUT2D eigenvalue weighted by Gasteiger charge is 2.37. The normalized spacial score (nSPS) is 15.6. The minimum absolute atomic E-state index is 0.0321. The topological polar surface area (TPSA) is 38.7 Å². The highest BCUT2D eigenvalue weighted by molar-refractivity contribution is 5.92. The van der Waals surface area contributed by atoms with Crippen molar-refractivity contribution in [1.82, 2.24) is 15.0 Å². The Morgan fingerprint density at radius 1 is 0.198 bits per heavy atom. The highest BCUT2D eigenvalue weighted by atomic mass is 14.7. The molecule has 2 atom stereocenters. The summed E-state index contributed by atoms with van der Waals surface area (Å²) in [6.45, 7) is 48.7. The Labute approximate surface area is 636 Å². The maximum absolute atomic E-state index is 5.11. The molecule has 0 N–H and O–H groups in total. The summed E-state index contributed by atoms with van der Waals surface area (Å²) < 4.78 is 0. The van der Waals surface area contributed by atoms with Crippen LogP contribution in [0, 0.1) is 0 Å². The molecule has 1 aliphatic rings. The van der Waals surface area contributed by atoms with Crippen LogP contribution in [0.4, 0.5) is 0 Å². The first kappa shape index (κ1) is 74.7. The average Bonchev–Trinajstić information content (AvgIpc) is 0.763. The highest BCUT2D eigenvalue weighted by Crippen LogP contribution is 2.55. The predicted octanol–water partition coefficient (Wildman–Crippen LogP) is 28.8. The summed E-state index contributed by atoms with van der Waals surface area (Å²) in [5, 5.41) is 0. The first-order valence-electron chi connectivity index (χ1n) is 38.9. The number of rotatable bonds is 12. The van der Waals surface area contributed by atoms with Gasteiger partial charge in [0.05, 0.1) is 17.1 Å². The van der Waals surface area contributed by atoms with E-state index >= 15 is 0 Å². The van der Waals surface area contributed by atoms with Gasteiger partial charge < -0.3 is 0 Å². The van der Waals surface area contributed by atoms with Crippen molar-refractivity contribution >= 4 is 0 Å². The van der Waals surface area contributed by atoms with Crippen molar-refractivity contribution in [2.45, 2.75) is 220 Å². The quantitative estimate of drug-likeness (QED) is 0.122. The molecule has 0 aliphatic heterocycles. The summed E-state index contributed by atoms with van der Waals surface area (Å²) in [7, 11) is 0. The van der Waals surface area contributed by atoms with E-state index in [2.05, 4.69) is 376 Å². The van der Waals surface area contributed by atoms with Crippen LogP contribution in [-0.4, -0.2) is 15.0 Å². The SMILES string of the molecule is CC(C)(C)c1cccc(-c2cc(-c3cc(C(C)(C)C)ccn3)ccc2-c2ccccc2C2CC(c3ccccc3-c3ccc(-c4cc(C(C)(C)C)ccn4)cc3-c3cccc(C(C)(C)C)c3)CC(c3ccc(C(C)(C)C)cc3-c3ccc(-c4cc(C(C)(C)C)ccn4)cc3-c3cccc(C(C)(C)C)c3)C2)c1. The van der Waals surface area contributed by atoms with Crippen LogP contribution >= 0.6 is 0 Å². The second kappa shape index (κ2) is 28.6. The van der Waals surface area contributed by atoms with E-state index in [-0.39, 0.29) is 55.7 Å². The summed E-state index contributed by atoms with van der Waals surface area (Å²) in [5.41, 5.74) is 34.0. The molecule has 3 heterocycles. The second-order valence-corrected chi connectivity index (χ2v) is 37.8. The maximum Gasteiger partial charge on any atom is 0.0705 e. The van der Waals surface area contributed by atoms with Crippen LogP contribution in [0.3, 0.4) is 0 Å². The van der Waals surface area contributed by atoms with Gasteiger partial charge in [-0.2, -0.15) is 0 Å². The third-order valence-corrected chi connectivity index (χ3v) is 22.7. The monoisotopic (exact) mass is 1390 g/mol. The predicted molar refractivity (Wildman–Crippen MR) is 455 cm³/mol. The van der Waals surface area contributed by atoms with Crippen molar-refractivity contribution in [3.05, 3.63) is 305 Å². The molecule has 1 saturated carbocycles. The first-order chi connectivity index (χ1) is 49.9. The molecule has 9 aromatic carbocycles. The van der Waals surface area contributed by atoms with E-state index in [1.165, 1.54) is 122 Å². The number of nitrogens with zero attached hydrogens (tertiary/aromatic N) is 3. The van der Waals surface area contributed by atoms with Gasteiger partial charge in [-0.15, -0.1) is 0 Å². The lowest BCUT2D eigenvalue weighted by Gasteiger charge is -2.39. The van der Waals surface area contributed by atoms with Crippen molar-refractivity contribution in [1.29, 1.82) is 0 Å². The van der Waals surface area contributed by atoms with Crippen molar-refractivity contribution in [2.75, 3.05) is 0 Å². The Hall–Kier alpha value is -9.57. The van der Waals surface area contributed by atoms with Crippen LogP contribution < -0.4 is 0 Å². The lowest BCUT2D eigenvalue weighted by molar-refractivity contribution is 0.352. The van der Waals surface area contributed by atoms with E-state index < -0.39 is 0 Å². The molecule has 12 aromatic rings. The maximum atomic E-state index is 5.11. The van der Waals surface area contributed by atoms with Crippen molar-refractivity contribution < 1.29 is 0 Å². The third kappa shape index (κ3) is 16.1. The van der Waals surface area contributed by atoms with Gasteiger partial charge in [0, 0.05) is 35.3 Å². The van der Waals surface area contributed by atoms with Crippen LogP contribution in [0.5, 0.6) is 0 Å². The summed E-state index contributed by atoms with van der Waals surface area (Å²) >= 11 is 0. The number of pyridine rings is 3.